The third kappa shape index (κ3) is 3.65. The lowest BCUT2D eigenvalue weighted by Gasteiger charge is -2.18. The molecule has 0 unspecified atom stereocenters. The van der Waals surface area contributed by atoms with E-state index < -0.39 is 0 Å². The van der Waals surface area contributed by atoms with Gasteiger partial charge in [0.15, 0.2) is 0 Å². The van der Waals surface area contributed by atoms with Gasteiger partial charge in [-0.15, -0.1) is 0 Å². The quantitative estimate of drug-likeness (QED) is 0.201. The molecule has 43 heavy (non-hydrogen) atoms. The van der Waals surface area contributed by atoms with Crippen LogP contribution >= 0.6 is 0 Å². The van der Waals surface area contributed by atoms with Gasteiger partial charge in [0.1, 0.15) is 11.2 Å². The second kappa shape index (κ2) is 9.44. The normalized spacial score (nSPS) is 11.7. The van der Waals surface area contributed by atoms with Crippen LogP contribution in [-0.4, -0.2) is 0 Å². The highest BCUT2D eigenvalue weighted by Gasteiger charge is 2.17. The second-order valence-electron chi connectivity index (χ2n) is 11.2. The SMILES string of the molecule is c1ccc(-c2c3ccccc3c(-c3ccc(-c4cccc5c4oc4c6ccccc6ccc54)cc3)c3ccccc23)cc1. The maximum absolute atomic E-state index is 6.64. The summed E-state index contributed by atoms with van der Waals surface area (Å²) in [7, 11) is 0. The molecule has 0 N–H and O–H groups in total. The molecule has 1 aromatic heterocycles. The number of rotatable bonds is 3. The van der Waals surface area contributed by atoms with Gasteiger partial charge in [-0.3, -0.25) is 0 Å². The summed E-state index contributed by atoms with van der Waals surface area (Å²) in [5.41, 5.74) is 9.15. The molecule has 0 spiro atoms. The van der Waals surface area contributed by atoms with Gasteiger partial charge in [-0.25, -0.2) is 0 Å². The molecule has 0 amide bonds. The van der Waals surface area contributed by atoms with Crippen LogP contribution < -0.4 is 0 Å². The van der Waals surface area contributed by atoms with Crippen LogP contribution in [0.5, 0.6) is 0 Å². The van der Waals surface area contributed by atoms with E-state index in [2.05, 4.69) is 158 Å². The predicted octanol–water partition coefficient (Wildman–Crippen LogP) is 12.0. The molecule has 0 aliphatic carbocycles. The molecule has 0 fully saturated rings. The average molecular weight is 547 g/mol. The smallest absolute Gasteiger partial charge is 0.143 e. The van der Waals surface area contributed by atoms with Crippen LogP contribution in [0.3, 0.4) is 0 Å². The fourth-order valence-electron chi connectivity index (χ4n) is 6.93. The molecular weight excluding hydrogens is 520 g/mol. The lowest BCUT2D eigenvalue weighted by atomic mass is 9.85. The summed E-state index contributed by atoms with van der Waals surface area (Å²) in [4.78, 5) is 0. The molecule has 0 aliphatic heterocycles. The lowest BCUT2D eigenvalue weighted by Crippen LogP contribution is -1.90. The zero-order valence-electron chi connectivity index (χ0n) is 23.4. The van der Waals surface area contributed by atoms with Crippen LogP contribution in [0.25, 0.3) is 87.6 Å². The largest absolute Gasteiger partial charge is 0.455 e. The Morgan fingerprint density at radius 1 is 0.279 bits per heavy atom. The Kier molecular flexibility index (Phi) is 5.27. The number of benzene rings is 8. The topological polar surface area (TPSA) is 13.1 Å². The van der Waals surface area contributed by atoms with Crippen LogP contribution in [0.2, 0.25) is 0 Å². The summed E-state index contributed by atoms with van der Waals surface area (Å²) >= 11 is 0. The molecule has 1 heteroatoms. The van der Waals surface area contributed by atoms with Gasteiger partial charge in [0.2, 0.25) is 0 Å². The minimum absolute atomic E-state index is 0.935. The summed E-state index contributed by atoms with van der Waals surface area (Å²) in [6, 6.07) is 56.7. The van der Waals surface area contributed by atoms with Gasteiger partial charge in [-0.2, -0.15) is 0 Å². The van der Waals surface area contributed by atoms with Gasteiger partial charge in [-0.05, 0) is 60.8 Å². The van der Waals surface area contributed by atoms with Crippen molar-refractivity contribution in [2.45, 2.75) is 0 Å². The molecule has 8 aromatic carbocycles. The molecule has 1 heterocycles. The van der Waals surface area contributed by atoms with Crippen molar-refractivity contribution in [1.29, 1.82) is 0 Å². The second-order valence-corrected chi connectivity index (χ2v) is 11.2. The standard InChI is InChI=1S/C42H26O/c1-2-12-29(13-3-1)39-33-15-6-8-17-35(33)40(36-18-9-7-16-34(36)39)30-23-21-28(22-24-30)32-19-10-20-37-38-26-25-27-11-4-5-14-31(27)42(38)43-41(32)37/h1-26H. The molecule has 1 nitrogen and oxygen atoms in total. The van der Waals surface area contributed by atoms with Crippen LogP contribution in [0.15, 0.2) is 162 Å². The molecule has 0 radical (unpaired) electrons. The van der Waals surface area contributed by atoms with Crippen LogP contribution in [0.4, 0.5) is 0 Å². The lowest BCUT2D eigenvalue weighted by molar-refractivity contribution is 0.674. The number of hydrogen-bond acceptors (Lipinski definition) is 1. The number of fused-ring (bicyclic) bond motifs is 7. The highest BCUT2D eigenvalue weighted by atomic mass is 16.3. The highest BCUT2D eigenvalue weighted by molar-refractivity contribution is 6.21. The fraction of sp³-hybridized carbons (Fsp3) is 0. The highest BCUT2D eigenvalue weighted by Crippen LogP contribution is 2.44. The maximum Gasteiger partial charge on any atom is 0.143 e. The molecular formula is C42H26O. The van der Waals surface area contributed by atoms with Crippen molar-refractivity contribution in [3.63, 3.8) is 0 Å². The van der Waals surface area contributed by atoms with Crippen molar-refractivity contribution in [3.8, 4) is 33.4 Å². The van der Waals surface area contributed by atoms with Crippen molar-refractivity contribution in [3.05, 3.63) is 158 Å². The first-order valence-electron chi connectivity index (χ1n) is 14.8. The molecule has 0 atom stereocenters. The molecule has 0 saturated heterocycles. The summed E-state index contributed by atoms with van der Waals surface area (Å²) in [5.74, 6) is 0. The van der Waals surface area contributed by atoms with E-state index in [4.69, 9.17) is 4.42 Å². The van der Waals surface area contributed by atoms with Crippen molar-refractivity contribution >= 4 is 54.3 Å². The molecule has 0 aliphatic rings. The van der Waals surface area contributed by atoms with Gasteiger partial charge in [0.25, 0.3) is 0 Å². The predicted molar refractivity (Wildman–Crippen MR) is 183 cm³/mol. The van der Waals surface area contributed by atoms with Crippen molar-refractivity contribution in [1.82, 2.24) is 0 Å². The summed E-state index contributed by atoms with van der Waals surface area (Å²) in [5, 5.41) is 9.71. The van der Waals surface area contributed by atoms with E-state index in [1.54, 1.807) is 0 Å². The minimum atomic E-state index is 0.935. The fourth-order valence-corrected chi connectivity index (χ4v) is 6.93. The zero-order valence-corrected chi connectivity index (χ0v) is 23.4. The third-order valence-electron chi connectivity index (χ3n) is 8.87. The molecule has 200 valence electrons. The van der Waals surface area contributed by atoms with Gasteiger partial charge < -0.3 is 4.42 Å². The Labute approximate surface area is 249 Å². The molecule has 0 saturated carbocycles. The Morgan fingerprint density at radius 3 is 1.42 bits per heavy atom. The van der Waals surface area contributed by atoms with Gasteiger partial charge in [0.05, 0.1) is 0 Å². The van der Waals surface area contributed by atoms with Gasteiger partial charge in [-0.1, -0.05) is 152 Å². The van der Waals surface area contributed by atoms with Gasteiger partial charge >= 0.3 is 0 Å². The van der Waals surface area contributed by atoms with Crippen molar-refractivity contribution in [2.75, 3.05) is 0 Å². The number of hydrogen-bond donors (Lipinski definition) is 0. The Hall–Kier alpha value is -5.66. The van der Waals surface area contributed by atoms with E-state index in [0.29, 0.717) is 0 Å². The van der Waals surface area contributed by atoms with Crippen LogP contribution in [0.1, 0.15) is 0 Å². The van der Waals surface area contributed by atoms with Crippen LogP contribution in [-0.2, 0) is 0 Å². The Balaban J connectivity index is 1.24. The maximum atomic E-state index is 6.64. The summed E-state index contributed by atoms with van der Waals surface area (Å²) in [6.45, 7) is 0. The minimum Gasteiger partial charge on any atom is -0.455 e. The molecule has 0 bridgehead atoms. The first-order valence-corrected chi connectivity index (χ1v) is 14.8. The van der Waals surface area contributed by atoms with E-state index >= 15 is 0 Å². The van der Waals surface area contributed by atoms with E-state index in [-0.39, 0.29) is 0 Å². The molecule has 9 aromatic rings. The third-order valence-corrected chi connectivity index (χ3v) is 8.87. The van der Waals surface area contributed by atoms with E-state index in [9.17, 15) is 0 Å². The summed E-state index contributed by atoms with van der Waals surface area (Å²) in [6.07, 6.45) is 0. The van der Waals surface area contributed by atoms with E-state index in [1.165, 1.54) is 49.2 Å². The average Bonchev–Trinajstić information content (AvgIpc) is 3.47. The van der Waals surface area contributed by atoms with Crippen molar-refractivity contribution in [2.24, 2.45) is 0 Å². The Morgan fingerprint density at radius 2 is 0.767 bits per heavy atom. The van der Waals surface area contributed by atoms with E-state index in [0.717, 1.165) is 38.5 Å². The monoisotopic (exact) mass is 546 g/mol. The number of furan rings is 1. The number of para-hydroxylation sites is 1. The first-order chi connectivity index (χ1) is 21.3. The molecule has 9 rings (SSSR count). The zero-order chi connectivity index (χ0) is 28.3. The Bertz CT molecular complexity index is 2420. The van der Waals surface area contributed by atoms with Crippen molar-refractivity contribution < 1.29 is 4.42 Å². The van der Waals surface area contributed by atoms with E-state index in [1.807, 2.05) is 0 Å². The van der Waals surface area contributed by atoms with Crippen LogP contribution in [0, 0.1) is 0 Å². The summed E-state index contributed by atoms with van der Waals surface area (Å²) < 4.78 is 6.64. The van der Waals surface area contributed by atoms with Gasteiger partial charge in [0, 0.05) is 21.7 Å². The first kappa shape index (κ1) is 24.0.